The highest BCUT2D eigenvalue weighted by molar-refractivity contribution is 6.14. The van der Waals surface area contributed by atoms with Crippen LogP contribution in [0.5, 0.6) is 0 Å². The summed E-state index contributed by atoms with van der Waals surface area (Å²) in [4.78, 5) is 21.7. The topological polar surface area (TPSA) is 66.9 Å². The average Bonchev–Trinajstić information content (AvgIpc) is 2.74. The van der Waals surface area contributed by atoms with Crippen LogP contribution in [0.2, 0.25) is 0 Å². The van der Waals surface area contributed by atoms with Gasteiger partial charge in [0.2, 0.25) is 0 Å². The molecular weight excluding hydrogens is 348 g/mol. The molecule has 2 amide bonds. The first-order valence-corrected chi connectivity index (χ1v) is 8.98. The molecule has 0 atom stereocenters. The van der Waals surface area contributed by atoms with E-state index in [1.54, 1.807) is 12.4 Å². The van der Waals surface area contributed by atoms with E-state index in [4.69, 9.17) is 0 Å². The fraction of sp³-hybridized carbons (Fsp3) is 0. The number of hydrogen-bond donors (Lipinski definition) is 2. The number of pyridine rings is 2. The number of anilines is 2. The third kappa shape index (κ3) is 2.79. The number of nitrogens with one attached hydrogen (secondary N) is 2. The quantitative estimate of drug-likeness (QED) is 0.402. The van der Waals surface area contributed by atoms with Crippen molar-refractivity contribution in [3.05, 3.63) is 85.2 Å². The fourth-order valence-corrected chi connectivity index (χ4v) is 3.49. The van der Waals surface area contributed by atoms with Crippen molar-refractivity contribution < 1.29 is 4.79 Å². The number of fused-ring (bicyclic) bond motifs is 4. The van der Waals surface area contributed by atoms with Gasteiger partial charge in [0, 0.05) is 28.6 Å². The minimum atomic E-state index is -0.301. The molecule has 0 bridgehead atoms. The molecule has 0 aliphatic carbocycles. The number of hydrogen-bond acceptors (Lipinski definition) is 3. The Morgan fingerprint density at radius 1 is 0.643 bits per heavy atom. The molecule has 2 aromatic heterocycles. The molecule has 0 unspecified atom stereocenters. The zero-order valence-corrected chi connectivity index (χ0v) is 14.9. The first kappa shape index (κ1) is 16.2. The first-order chi connectivity index (χ1) is 13.8. The average molecular weight is 364 g/mol. The zero-order chi connectivity index (χ0) is 18.9. The fourth-order valence-electron chi connectivity index (χ4n) is 3.49. The number of rotatable bonds is 2. The van der Waals surface area contributed by atoms with Crippen LogP contribution in [0.25, 0.3) is 32.6 Å². The number of carbonyl (C=O) groups excluding carboxylic acids is 1. The number of aromatic nitrogens is 2. The molecule has 5 nitrogen and oxygen atoms in total. The number of urea groups is 1. The lowest BCUT2D eigenvalue weighted by Crippen LogP contribution is -2.19. The monoisotopic (exact) mass is 364 g/mol. The third-order valence-electron chi connectivity index (χ3n) is 4.75. The number of benzene rings is 3. The lowest BCUT2D eigenvalue weighted by atomic mass is 10.1. The molecular formula is C23H16N4O. The normalized spacial score (nSPS) is 11.0. The zero-order valence-electron chi connectivity index (χ0n) is 14.9. The van der Waals surface area contributed by atoms with Crippen LogP contribution in [0.3, 0.4) is 0 Å². The van der Waals surface area contributed by atoms with E-state index in [1.807, 2.05) is 72.8 Å². The van der Waals surface area contributed by atoms with Gasteiger partial charge in [0.05, 0.1) is 22.4 Å². The number of amides is 2. The second-order valence-electron chi connectivity index (χ2n) is 6.50. The van der Waals surface area contributed by atoms with E-state index in [-0.39, 0.29) is 6.03 Å². The van der Waals surface area contributed by atoms with Gasteiger partial charge < -0.3 is 10.6 Å². The maximum Gasteiger partial charge on any atom is 0.323 e. The van der Waals surface area contributed by atoms with Gasteiger partial charge in [0.25, 0.3) is 0 Å². The Hall–Kier alpha value is -3.99. The Morgan fingerprint density at radius 2 is 1.32 bits per heavy atom. The molecule has 0 saturated heterocycles. The molecule has 2 heterocycles. The van der Waals surface area contributed by atoms with Crippen LogP contribution in [0.15, 0.2) is 85.2 Å². The van der Waals surface area contributed by atoms with E-state index >= 15 is 0 Å². The summed E-state index contributed by atoms with van der Waals surface area (Å²) < 4.78 is 0. The van der Waals surface area contributed by atoms with Crippen molar-refractivity contribution in [1.29, 1.82) is 0 Å². The van der Waals surface area contributed by atoms with Gasteiger partial charge >= 0.3 is 6.03 Å². The highest BCUT2D eigenvalue weighted by Crippen LogP contribution is 2.29. The molecule has 0 aliphatic heterocycles. The molecule has 0 radical (unpaired) electrons. The minimum Gasteiger partial charge on any atom is -0.307 e. The first-order valence-electron chi connectivity index (χ1n) is 8.98. The van der Waals surface area contributed by atoms with Crippen molar-refractivity contribution in [1.82, 2.24) is 9.97 Å². The van der Waals surface area contributed by atoms with Gasteiger partial charge in [-0.3, -0.25) is 9.97 Å². The van der Waals surface area contributed by atoms with Crippen LogP contribution in [-0.2, 0) is 0 Å². The SMILES string of the molecule is O=C(Nc1cccc2ccccc12)Nc1cc2cccnc2c2ncccc12. The second kappa shape index (κ2) is 6.63. The van der Waals surface area contributed by atoms with Gasteiger partial charge in [-0.15, -0.1) is 0 Å². The highest BCUT2D eigenvalue weighted by Gasteiger charge is 2.11. The molecule has 2 N–H and O–H groups in total. The molecule has 0 fully saturated rings. The summed E-state index contributed by atoms with van der Waals surface area (Å²) in [6, 6.07) is 23.0. The molecule has 0 aliphatic rings. The summed E-state index contributed by atoms with van der Waals surface area (Å²) in [5.74, 6) is 0. The molecule has 0 saturated carbocycles. The predicted molar refractivity (Wildman–Crippen MR) is 114 cm³/mol. The van der Waals surface area contributed by atoms with E-state index in [2.05, 4.69) is 20.6 Å². The Balaban J connectivity index is 1.53. The van der Waals surface area contributed by atoms with Crippen molar-refractivity contribution in [2.24, 2.45) is 0 Å². The molecule has 3 aromatic carbocycles. The standard InChI is InChI=1S/C23H16N4O/c28-23(26-19-11-3-7-15-6-1-2-9-17(15)19)27-20-14-16-8-4-12-24-21(16)22-18(20)10-5-13-25-22/h1-14H,(H2,26,27,28). The number of nitrogens with zero attached hydrogens (tertiary/aromatic N) is 2. The van der Waals surface area contributed by atoms with Crippen LogP contribution < -0.4 is 10.6 Å². The van der Waals surface area contributed by atoms with Gasteiger partial charge in [-0.05, 0) is 35.7 Å². The van der Waals surface area contributed by atoms with E-state index in [1.165, 1.54) is 0 Å². The summed E-state index contributed by atoms with van der Waals surface area (Å²) in [6.45, 7) is 0. The van der Waals surface area contributed by atoms with E-state index < -0.39 is 0 Å². The van der Waals surface area contributed by atoms with Crippen molar-refractivity contribution in [2.75, 3.05) is 10.6 Å². The summed E-state index contributed by atoms with van der Waals surface area (Å²) in [7, 11) is 0. The van der Waals surface area contributed by atoms with Crippen LogP contribution in [0, 0.1) is 0 Å². The molecule has 5 heteroatoms. The van der Waals surface area contributed by atoms with Crippen molar-refractivity contribution in [3.63, 3.8) is 0 Å². The molecule has 5 aromatic rings. The Bertz CT molecular complexity index is 1340. The van der Waals surface area contributed by atoms with Crippen molar-refractivity contribution in [2.45, 2.75) is 0 Å². The molecule has 5 rings (SSSR count). The summed E-state index contributed by atoms with van der Waals surface area (Å²) in [6.07, 6.45) is 3.48. The van der Waals surface area contributed by atoms with Crippen LogP contribution in [0.4, 0.5) is 16.2 Å². The van der Waals surface area contributed by atoms with Crippen LogP contribution in [0.1, 0.15) is 0 Å². The van der Waals surface area contributed by atoms with Crippen LogP contribution in [-0.4, -0.2) is 16.0 Å². The van der Waals surface area contributed by atoms with Crippen molar-refractivity contribution in [3.8, 4) is 0 Å². The maximum atomic E-state index is 12.7. The Labute approximate surface area is 161 Å². The van der Waals surface area contributed by atoms with Gasteiger partial charge in [-0.1, -0.05) is 42.5 Å². The Kier molecular flexibility index (Phi) is 3.84. The van der Waals surface area contributed by atoms with Gasteiger partial charge in [0.15, 0.2) is 0 Å². The summed E-state index contributed by atoms with van der Waals surface area (Å²) >= 11 is 0. The molecule has 28 heavy (non-hydrogen) atoms. The summed E-state index contributed by atoms with van der Waals surface area (Å²) in [5, 5.41) is 9.78. The largest absolute Gasteiger partial charge is 0.323 e. The number of carbonyl (C=O) groups is 1. The van der Waals surface area contributed by atoms with Crippen molar-refractivity contribution >= 4 is 50.0 Å². The maximum absolute atomic E-state index is 12.7. The molecule has 0 spiro atoms. The van der Waals surface area contributed by atoms with Crippen LogP contribution >= 0.6 is 0 Å². The summed E-state index contributed by atoms with van der Waals surface area (Å²) in [5.41, 5.74) is 3.04. The van der Waals surface area contributed by atoms with Gasteiger partial charge in [-0.2, -0.15) is 0 Å². The Morgan fingerprint density at radius 3 is 2.25 bits per heavy atom. The van der Waals surface area contributed by atoms with E-state index in [0.29, 0.717) is 5.69 Å². The second-order valence-corrected chi connectivity index (χ2v) is 6.50. The van der Waals surface area contributed by atoms with Gasteiger partial charge in [0.1, 0.15) is 0 Å². The highest BCUT2D eigenvalue weighted by atomic mass is 16.2. The van der Waals surface area contributed by atoms with E-state index in [9.17, 15) is 4.79 Å². The smallest absolute Gasteiger partial charge is 0.307 e. The third-order valence-corrected chi connectivity index (χ3v) is 4.75. The lowest BCUT2D eigenvalue weighted by Gasteiger charge is -2.13. The molecule has 134 valence electrons. The van der Waals surface area contributed by atoms with Gasteiger partial charge in [-0.25, -0.2) is 4.79 Å². The lowest BCUT2D eigenvalue weighted by molar-refractivity contribution is 0.262. The van der Waals surface area contributed by atoms with E-state index in [0.717, 1.165) is 38.3 Å². The minimum absolute atomic E-state index is 0.301. The predicted octanol–water partition coefficient (Wildman–Crippen LogP) is 5.58.